The van der Waals surface area contributed by atoms with Crippen LogP contribution in [0.5, 0.6) is 0 Å². The molecule has 5 nitrogen and oxygen atoms in total. The molecule has 1 aromatic heterocycles. The van der Waals surface area contributed by atoms with E-state index in [0.717, 1.165) is 57.1 Å². The van der Waals surface area contributed by atoms with E-state index in [1.165, 1.54) is 0 Å². The second-order valence-corrected chi connectivity index (χ2v) is 5.44. The maximum absolute atomic E-state index is 12.1. The third-order valence-electron chi connectivity index (χ3n) is 3.80. The largest absolute Gasteiger partial charge is 0.341 e. The van der Waals surface area contributed by atoms with Crippen molar-refractivity contribution in [2.45, 2.75) is 26.2 Å². The van der Waals surface area contributed by atoms with Crippen LogP contribution in [0.1, 0.15) is 25.0 Å². The first-order valence-corrected chi connectivity index (χ1v) is 7.07. The van der Waals surface area contributed by atoms with Gasteiger partial charge in [0.25, 0.3) is 0 Å². The Morgan fingerprint density at radius 3 is 2.84 bits per heavy atom. The van der Waals surface area contributed by atoms with Crippen molar-refractivity contribution in [3.63, 3.8) is 0 Å². The van der Waals surface area contributed by atoms with Crippen LogP contribution in [-0.4, -0.2) is 47.0 Å². The molecule has 0 radical (unpaired) electrons. The molecule has 0 aromatic carbocycles. The minimum Gasteiger partial charge on any atom is -0.341 e. The molecule has 2 aliphatic rings. The highest BCUT2D eigenvalue weighted by Crippen LogP contribution is 2.31. The van der Waals surface area contributed by atoms with Crippen LogP contribution in [0, 0.1) is 12.8 Å². The molecule has 1 aromatic rings. The van der Waals surface area contributed by atoms with E-state index >= 15 is 0 Å². The number of aromatic nitrogens is 2. The lowest BCUT2D eigenvalue weighted by Gasteiger charge is -2.22. The average Bonchev–Trinajstić information content (AvgIpc) is 3.24. The third-order valence-corrected chi connectivity index (χ3v) is 3.80. The van der Waals surface area contributed by atoms with Crippen molar-refractivity contribution >= 4 is 11.9 Å². The van der Waals surface area contributed by atoms with Gasteiger partial charge in [0.2, 0.25) is 11.9 Å². The molecule has 0 spiro atoms. The standard InChI is InChI=1S/C14H20N4O/c1-11-5-6-15-14(16-11)18-8-2-7-17(9-10-18)13(19)12-3-4-12/h5-6,12H,2-4,7-10H2,1H3. The first-order chi connectivity index (χ1) is 9.24. The first kappa shape index (κ1) is 12.4. The van der Waals surface area contributed by atoms with Crippen molar-refractivity contribution in [1.82, 2.24) is 14.9 Å². The quantitative estimate of drug-likeness (QED) is 0.802. The van der Waals surface area contributed by atoms with Gasteiger partial charge in [0.05, 0.1) is 0 Å². The van der Waals surface area contributed by atoms with Gasteiger partial charge in [-0.2, -0.15) is 0 Å². The second-order valence-electron chi connectivity index (χ2n) is 5.44. The summed E-state index contributed by atoms with van der Waals surface area (Å²) in [5.74, 6) is 1.47. The van der Waals surface area contributed by atoms with Gasteiger partial charge in [-0.15, -0.1) is 0 Å². The number of hydrogen-bond acceptors (Lipinski definition) is 4. The van der Waals surface area contributed by atoms with Gasteiger partial charge in [-0.3, -0.25) is 4.79 Å². The number of aryl methyl sites for hydroxylation is 1. The summed E-state index contributed by atoms with van der Waals surface area (Å²) in [5, 5.41) is 0. The zero-order valence-corrected chi connectivity index (χ0v) is 11.4. The van der Waals surface area contributed by atoms with Gasteiger partial charge in [-0.25, -0.2) is 9.97 Å². The maximum atomic E-state index is 12.1. The van der Waals surface area contributed by atoms with E-state index in [1.807, 2.05) is 17.9 Å². The van der Waals surface area contributed by atoms with Gasteiger partial charge in [0.1, 0.15) is 0 Å². The fraction of sp³-hybridized carbons (Fsp3) is 0.643. The fourth-order valence-corrected chi connectivity index (χ4v) is 2.51. The number of carbonyl (C=O) groups excluding carboxylic acids is 1. The maximum Gasteiger partial charge on any atom is 0.225 e. The molecule has 1 aliphatic heterocycles. The Morgan fingerprint density at radius 1 is 1.26 bits per heavy atom. The van der Waals surface area contributed by atoms with Crippen LogP contribution in [0.2, 0.25) is 0 Å². The summed E-state index contributed by atoms with van der Waals surface area (Å²) in [6.07, 6.45) is 4.96. The summed E-state index contributed by atoms with van der Waals surface area (Å²) in [4.78, 5) is 25.1. The molecular weight excluding hydrogens is 240 g/mol. The van der Waals surface area contributed by atoms with E-state index in [0.29, 0.717) is 11.8 Å². The first-order valence-electron chi connectivity index (χ1n) is 7.07. The number of nitrogens with zero attached hydrogens (tertiary/aromatic N) is 4. The lowest BCUT2D eigenvalue weighted by Crippen LogP contribution is -2.36. The highest BCUT2D eigenvalue weighted by Gasteiger charge is 2.34. The smallest absolute Gasteiger partial charge is 0.225 e. The Kier molecular flexibility index (Phi) is 3.36. The van der Waals surface area contributed by atoms with Gasteiger partial charge in [-0.1, -0.05) is 0 Å². The molecule has 3 rings (SSSR count). The van der Waals surface area contributed by atoms with Gasteiger partial charge in [-0.05, 0) is 32.3 Å². The molecule has 5 heteroatoms. The van der Waals surface area contributed by atoms with Crippen LogP contribution >= 0.6 is 0 Å². The Balaban J connectivity index is 1.65. The zero-order chi connectivity index (χ0) is 13.2. The van der Waals surface area contributed by atoms with E-state index in [1.54, 1.807) is 6.20 Å². The molecule has 1 saturated heterocycles. The molecular formula is C14H20N4O. The van der Waals surface area contributed by atoms with Crippen LogP contribution in [0.25, 0.3) is 0 Å². The van der Waals surface area contributed by atoms with Crippen LogP contribution in [0.4, 0.5) is 5.95 Å². The Labute approximate surface area is 113 Å². The number of rotatable bonds is 2. The van der Waals surface area contributed by atoms with Gasteiger partial charge in [0.15, 0.2) is 0 Å². The minimum atomic E-state index is 0.321. The van der Waals surface area contributed by atoms with Gasteiger partial charge < -0.3 is 9.80 Å². The molecule has 1 aliphatic carbocycles. The third kappa shape index (κ3) is 2.85. The fourth-order valence-electron chi connectivity index (χ4n) is 2.51. The summed E-state index contributed by atoms with van der Waals surface area (Å²) in [5.41, 5.74) is 0.986. The predicted molar refractivity (Wildman–Crippen MR) is 72.9 cm³/mol. The Morgan fingerprint density at radius 2 is 2.11 bits per heavy atom. The van der Waals surface area contributed by atoms with Crippen LogP contribution in [0.3, 0.4) is 0 Å². The zero-order valence-electron chi connectivity index (χ0n) is 11.4. The summed E-state index contributed by atoms with van der Waals surface area (Å²) in [6.45, 7) is 5.41. The van der Waals surface area contributed by atoms with Crippen molar-refractivity contribution in [2.75, 3.05) is 31.1 Å². The Bertz CT molecular complexity index is 472. The summed E-state index contributed by atoms with van der Waals surface area (Å²) < 4.78 is 0. The second kappa shape index (κ2) is 5.15. The van der Waals surface area contributed by atoms with E-state index < -0.39 is 0 Å². The molecule has 19 heavy (non-hydrogen) atoms. The molecule has 0 unspecified atom stereocenters. The van der Waals surface area contributed by atoms with Crippen molar-refractivity contribution in [3.8, 4) is 0 Å². The molecule has 2 fully saturated rings. The molecule has 1 amide bonds. The summed E-state index contributed by atoms with van der Waals surface area (Å²) in [6, 6.07) is 1.91. The molecule has 2 heterocycles. The molecule has 1 saturated carbocycles. The minimum absolute atomic E-state index is 0.321. The van der Waals surface area contributed by atoms with Crippen LogP contribution in [-0.2, 0) is 4.79 Å². The average molecular weight is 260 g/mol. The Hall–Kier alpha value is -1.65. The topological polar surface area (TPSA) is 49.3 Å². The summed E-state index contributed by atoms with van der Waals surface area (Å²) in [7, 11) is 0. The van der Waals surface area contributed by atoms with E-state index in [9.17, 15) is 4.79 Å². The van der Waals surface area contributed by atoms with Crippen molar-refractivity contribution in [1.29, 1.82) is 0 Å². The number of hydrogen-bond donors (Lipinski definition) is 0. The van der Waals surface area contributed by atoms with Crippen molar-refractivity contribution in [3.05, 3.63) is 18.0 Å². The molecule has 102 valence electrons. The molecule has 0 bridgehead atoms. The highest BCUT2D eigenvalue weighted by atomic mass is 16.2. The number of amides is 1. The van der Waals surface area contributed by atoms with Crippen LogP contribution in [0.15, 0.2) is 12.3 Å². The van der Waals surface area contributed by atoms with Crippen molar-refractivity contribution < 1.29 is 4.79 Å². The summed E-state index contributed by atoms with van der Waals surface area (Å²) >= 11 is 0. The van der Waals surface area contributed by atoms with E-state index in [2.05, 4.69) is 14.9 Å². The monoisotopic (exact) mass is 260 g/mol. The molecule has 0 atom stereocenters. The van der Waals surface area contributed by atoms with E-state index in [4.69, 9.17) is 0 Å². The number of carbonyl (C=O) groups is 1. The lowest BCUT2D eigenvalue weighted by atomic mass is 10.3. The predicted octanol–water partition coefficient (Wildman–Crippen LogP) is 1.23. The van der Waals surface area contributed by atoms with Gasteiger partial charge in [0, 0.05) is 44.0 Å². The normalized spacial score (nSPS) is 20.3. The number of anilines is 1. The van der Waals surface area contributed by atoms with Crippen molar-refractivity contribution in [2.24, 2.45) is 5.92 Å². The molecule has 0 N–H and O–H groups in total. The van der Waals surface area contributed by atoms with E-state index in [-0.39, 0.29) is 0 Å². The highest BCUT2D eigenvalue weighted by molar-refractivity contribution is 5.81. The van der Waals surface area contributed by atoms with Crippen LogP contribution < -0.4 is 4.90 Å². The van der Waals surface area contributed by atoms with Gasteiger partial charge >= 0.3 is 0 Å². The lowest BCUT2D eigenvalue weighted by molar-refractivity contribution is -0.132. The SMILES string of the molecule is Cc1ccnc(N2CCCN(C(=O)C3CC3)CC2)n1.